The minimum absolute atomic E-state index is 0.199. The van der Waals surface area contributed by atoms with Crippen LogP contribution in [0.5, 0.6) is 0 Å². The zero-order chi connectivity index (χ0) is 14.6. The number of aryl methyl sites for hydroxylation is 2. The quantitative estimate of drug-likeness (QED) is 0.771. The van der Waals surface area contributed by atoms with Crippen molar-refractivity contribution < 1.29 is 9.90 Å². The molecule has 1 fully saturated rings. The van der Waals surface area contributed by atoms with Gasteiger partial charge in [0.2, 0.25) is 0 Å². The molecule has 0 heterocycles. The Morgan fingerprint density at radius 2 is 1.85 bits per heavy atom. The molecule has 0 radical (unpaired) electrons. The van der Waals surface area contributed by atoms with Crippen LogP contribution in [0.15, 0.2) is 18.2 Å². The number of hydrogen-bond donors (Lipinski definition) is 3. The fourth-order valence-corrected chi connectivity index (χ4v) is 2.60. The molecule has 1 aliphatic carbocycles. The Morgan fingerprint density at radius 3 is 2.40 bits per heavy atom. The van der Waals surface area contributed by atoms with Gasteiger partial charge in [-0.25, -0.2) is 4.79 Å². The highest BCUT2D eigenvalue weighted by Gasteiger charge is 2.34. The number of aliphatic hydroxyl groups is 1. The van der Waals surface area contributed by atoms with Gasteiger partial charge in [-0.05, 0) is 45.1 Å². The third kappa shape index (κ3) is 4.23. The molecule has 1 aliphatic rings. The fourth-order valence-electron chi connectivity index (χ4n) is 2.60. The van der Waals surface area contributed by atoms with E-state index in [1.807, 2.05) is 0 Å². The Labute approximate surface area is 120 Å². The maximum atomic E-state index is 11.6. The van der Waals surface area contributed by atoms with Crippen molar-refractivity contribution >= 4 is 6.03 Å². The van der Waals surface area contributed by atoms with E-state index in [-0.39, 0.29) is 6.03 Å². The maximum Gasteiger partial charge on any atom is 0.314 e. The normalized spacial score (nSPS) is 16.4. The number of hydrogen-bond acceptors (Lipinski definition) is 2. The predicted octanol–water partition coefficient (Wildman–Crippen LogP) is 2.06. The topological polar surface area (TPSA) is 61.4 Å². The summed E-state index contributed by atoms with van der Waals surface area (Å²) in [4.78, 5) is 11.6. The molecular weight excluding hydrogens is 252 g/mol. The van der Waals surface area contributed by atoms with Crippen LogP contribution in [-0.2, 0) is 6.42 Å². The Hall–Kier alpha value is -1.55. The van der Waals surface area contributed by atoms with Crippen LogP contribution < -0.4 is 10.6 Å². The smallest absolute Gasteiger partial charge is 0.314 e. The number of carbonyl (C=O) groups is 1. The molecule has 4 heteroatoms. The number of urea groups is 1. The molecule has 3 N–H and O–H groups in total. The van der Waals surface area contributed by atoms with Gasteiger partial charge in [-0.15, -0.1) is 0 Å². The summed E-state index contributed by atoms with van der Waals surface area (Å²) in [6.45, 7) is 5.11. The minimum Gasteiger partial charge on any atom is -0.388 e. The summed E-state index contributed by atoms with van der Waals surface area (Å²) in [7, 11) is 0. The molecule has 2 rings (SSSR count). The third-order valence-corrected chi connectivity index (χ3v) is 3.84. The van der Waals surface area contributed by atoms with Gasteiger partial charge in [0.05, 0.1) is 5.60 Å². The Kier molecular flexibility index (Phi) is 4.65. The second kappa shape index (κ2) is 6.27. The molecule has 1 aromatic rings. The molecule has 20 heavy (non-hydrogen) atoms. The van der Waals surface area contributed by atoms with Crippen molar-refractivity contribution in [2.24, 2.45) is 0 Å². The summed E-state index contributed by atoms with van der Waals surface area (Å²) >= 11 is 0. The SMILES string of the molecule is Cc1cc(C)cc(CCNC(=O)NCC2(O)CCC2)c1. The molecule has 0 spiro atoms. The van der Waals surface area contributed by atoms with Crippen LogP contribution in [0.3, 0.4) is 0 Å². The summed E-state index contributed by atoms with van der Waals surface area (Å²) in [6, 6.07) is 6.23. The number of benzene rings is 1. The Bertz CT molecular complexity index is 461. The van der Waals surface area contributed by atoms with Gasteiger partial charge >= 0.3 is 6.03 Å². The first-order valence-corrected chi connectivity index (χ1v) is 7.28. The molecule has 4 nitrogen and oxygen atoms in total. The first kappa shape index (κ1) is 14.9. The van der Waals surface area contributed by atoms with E-state index in [0.717, 1.165) is 25.7 Å². The van der Waals surface area contributed by atoms with Crippen molar-refractivity contribution in [2.75, 3.05) is 13.1 Å². The van der Waals surface area contributed by atoms with Gasteiger partial charge in [0, 0.05) is 13.1 Å². The van der Waals surface area contributed by atoms with Gasteiger partial charge < -0.3 is 15.7 Å². The Morgan fingerprint density at radius 1 is 1.20 bits per heavy atom. The molecule has 110 valence electrons. The number of carbonyl (C=O) groups excluding carboxylic acids is 1. The third-order valence-electron chi connectivity index (χ3n) is 3.84. The summed E-state index contributed by atoms with van der Waals surface area (Å²) in [5.41, 5.74) is 3.07. The lowest BCUT2D eigenvalue weighted by atomic mass is 9.80. The molecule has 0 unspecified atom stereocenters. The molecule has 0 atom stereocenters. The van der Waals surface area contributed by atoms with Crippen molar-refractivity contribution in [1.29, 1.82) is 0 Å². The molecule has 0 bridgehead atoms. The molecule has 0 aromatic heterocycles. The van der Waals surface area contributed by atoms with E-state index in [1.165, 1.54) is 16.7 Å². The first-order chi connectivity index (χ1) is 9.47. The van der Waals surface area contributed by atoms with Crippen LogP contribution in [0.1, 0.15) is 36.0 Å². The number of amides is 2. The molecule has 2 amide bonds. The zero-order valence-corrected chi connectivity index (χ0v) is 12.3. The second-order valence-corrected chi connectivity index (χ2v) is 5.93. The van der Waals surface area contributed by atoms with Gasteiger partial charge in [-0.1, -0.05) is 29.3 Å². The van der Waals surface area contributed by atoms with Gasteiger partial charge in [0.1, 0.15) is 0 Å². The van der Waals surface area contributed by atoms with Crippen LogP contribution in [0.25, 0.3) is 0 Å². The molecule has 0 saturated heterocycles. The van der Waals surface area contributed by atoms with E-state index >= 15 is 0 Å². The highest BCUT2D eigenvalue weighted by molar-refractivity contribution is 5.73. The van der Waals surface area contributed by atoms with Gasteiger partial charge in [-0.2, -0.15) is 0 Å². The van der Waals surface area contributed by atoms with Crippen LogP contribution in [0.4, 0.5) is 4.79 Å². The van der Waals surface area contributed by atoms with Gasteiger partial charge in [0.15, 0.2) is 0 Å². The van der Waals surface area contributed by atoms with Crippen LogP contribution in [-0.4, -0.2) is 29.8 Å². The molecule has 1 saturated carbocycles. The predicted molar refractivity (Wildman–Crippen MR) is 79.8 cm³/mol. The highest BCUT2D eigenvalue weighted by atomic mass is 16.3. The lowest BCUT2D eigenvalue weighted by molar-refractivity contribution is -0.0290. The van der Waals surface area contributed by atoms with Crippen molar-refractivity contribution in [3.05, 3.63) is 34.9 Å². The zero-order valence-electron chi connectivity index (χ0n) is 12.3. The van der Waals surface area contributed by atoms with Crippen molar-refractivity contribution in [3.8, 4) is 0 Å². The van der Waals surface area contributed by atoms with E-state index in [1.54, 1.807) is 0 Å². The van der Waals surface area contributed by atoms with Crippen LogP contribution >= 0.6 is 0 Å². The average Bonchev–Trinajstić information content (AvgIpc) is 2.33. The highest BCUT2D eigenvalue weighted by Crippen LogP contribution is 2.30. The van der Waals surface area contributed by atoms with E-state index in [0.29, 0.717) is 13.1 Å². The van der Waals surface area contributed by atoms with Crippen LogP contribution in [0, 0.1) is 13.8 Å². The van der Waals surface area contributed by atoms with Crippen molar-refractivity contribution in [3.63, 3.8) is 0 Å². The maximum absolute atomic E-state index is 11.6. The molecule has 0 aliphatic heterocycles. The lowest BCUT2D eigenvalue weighted by Crippen LogP contribution is -2.50. The van der Waals surface area contributed by atoms with Gasteiger partial charge in [0.25, 0.3) is 0 Å². The lowest BCUT2D eigenvalue weighted by Gasteiger charge is -2.36. The summed E-state index contributed by atoms with van der Waals surface area (Å²) in [5, 5.41) is 15.4. The summed E-state index contributed by atoms with van der Waals surface area (Å²) < 4.78 is 0. The average molecular weight is 276 g/mol. The standard InChI is InChI=1S/C16H24N2O2/c1-12-8-13(2)10-14(9-12)4-7-17-15(19)18-11-16(20)5-3-6-16/h8-10,20H,3-7,11H2,1-2H3,(H2,17,18,19). The van der Waals surface area contributed by atoms with E-state index in [2.05, 4.69) is 42.7 Å². The summed E-state index contributed by atoms with van der Waals surface area (Å²) in [5.74, 6) is 0. The number of rotatable bonds is 5. The summed E-state index contributed by atoms with van der Waals surface area (Å²) in [6.07, 6.45) is 3.44. The minimum atomic E-state index is -0.662. The Balaban J connectivity index is 1.68. The van der Waals surface area contributed by atoms with Gasteiger partial charge in [-0.3, -0.25) is 0 Å². The first-order valence-electron chi connectivity index (χ1n) is 7.28. The second-order valence-electron chi connectivity index (χ2n) is 5.93. The largest absolute Gasteiger partial charge is 0.388 e. The fraction of sp³-hybridized carbons (Fsp3) is 0.562. The molecular formula is C16H24N2O2. The van der Waals surface area contributed by atoms with E-state index in [9.17, 15) is 9.90 Å². The number of nitrogens with one attached hydrogen (secondary N) is 2. The molecule has 1 aromatic carbocycles. The van der Waals surface area contributed by atoms with Crippen molar-refractivity contribution in [1.82, 2.24) is 10.6 Å². The van der Waals surface area contributed by atoms with Crippen LogP contribution in [0.2, 0.25) is 0 Å². The van der Waals surface area contributed by atoms with E-state index in [4.69, 9.17) is 0 Å². The van der Waals surface area contributed by atoms with E-state index < -0.39 is 5.60 Å². The monoisotopic (exact) mass is 276 g/mol. The van der Waals surface area contributed by atoms with Crippen molar-refractivity contribution in [2.45, 2.75) is 45.1 Å².